The van der Waals surface area contributed by atoms with E-state index < -0.39 is 48.2 Å². The minimum absolute atomic E-state index is 0.0280. The van der Waals surface area contributed by atoms with Gasteiger partial charge >= 0.3 is 6.03 Å². The summed E-state index contributed by atoms with van der Waals surface area (Å²) in [7, 11) is 0. The number of halogens is 2. The van der Waals surface area contributed by atoms with Gasteiger partial charge in [-0.1, -0.05) is 30.3 Å². The molecule has 0 unspecified atom stereocenters. The summed E-state index contributed by atoms with van der Waals surface area (Å²) < 4.78 is 33.8. The summed E-state index contributed by atoms with van der Waals surface area (Å²) in [6, 6.07) is 13.7. The molecule has 1 saturated heterocycles. The van der Waals surface area contributed by atoms with Gasteiger partial charge in [0.15, 0.2) is 12.5 Å². The van der Waals surface area contributed by atoms with Gasteiger partial charge in [-0.3, -0.25) is 9.69 Å². The summed E-state index contributed by atoms with van der Waals surface area (Å²) >= 11 is 0. The highest BCUT2D eigenvalue weighted by atomic mass is 19.1. The first kappa shape index (κ1) is 28.5. The summed E-state index contributed by atoms with van der Waals surface area (Å²) in [6.07, 6.45) is -0.982. The van der Waals surface area contributed by atoms with Crippen molar-refractivity contribution in [2.24, 2.45) is 0 Å². The molecule has 216 valence electrons. The van der Waals surface area contributed by atoms with E-state index in [9.17, 15) is 23.5 Å². The van der Waals surface area contributed by atoms with Crippen molar-refractivity contribution in [3.8, 4) is 5.75 Å². The van der Waals surface area contributed by atoms with E-state index in [4.69, 9.17) is 14.9 Å². The molecule has 3 amide bonds. The first-order chi connectivity index (χ1) is 19.7. The topological polar surface area (TPSA) is 131 Å². The molecule has 41 heavy (non-hydrogen) atoms. The second kappa shape index (κ2) is 12.2. The smallest absolute Gasteiger partial charge is 0.320 e. The molecule has 3 atom stereocenters. The highest BCUT2D eigenvalue weighted by molar-refractivity contribution is 5.98. The maximum absolute atomic E-state index is 14.9. The Hall–Kier alpha value is -4.06. The van der Waals surface area contributed by atoms with Crippen molar-refractivity contribution in [1.29, 1.82) is 0 Å². The first-order valence-electron chi connectivity index (χ1n) is 13.4. The molecule has 1 aliphatic carbocycles. The largest absolute Gasteiger partial charge is 0.493 e. The van der Waals surface area contributed by atoms with Crippen molar-refractivity contribution in [2.45, 2.75) is 56.2 Å². The molecule has 1 aliphatic heterocycles. The van der Waals surface area contributed by atoms with Crippen molar-refractivity contribution in [3.05, 3.63) is 95.1 Å². The minimum atomic E-state index is -1.48. The normalized spacial score (nSPS) is 19.3. The lowest BCUT2D eigenvalue weighted by molar-refractivity contribution is -0.123. The zero-order valence-corrected chi connectivity index (χ0v) is 22.0. The molecule has 0 bridgehead atoms. The molecule has 5 N–H and O–H groups in total. The number of nitrogens with zero attached hydrogens (tertiary/aromatic N) is 1. The lowest BCUT2D eigenvalue weighted by Crippen LogP contribution is -2.50. The van der Waals surface area contributed by atoms with Gasteiger partial charge < -0.3 is 30.7 Å². The van der Waals surface area contributed by atoms with Gasteiger partial charge in [0.05, 0.1) is 12.3 Å². The Bertz CT molecular complexity index is 1380. The first-order valence-corrected chi connectivity index (χ1v) is 13.4. The lowest BCUT2D eigenvalue weighted by atomic mass is 10.0. The Balaban J connectivity index is 1.35. The van der Waals surface area contributed by atoms with Crippen molar-refractivity contribution >= 4 is 17.6 Å². The van der Waals surface area contributed by atoms with Crippen LogP contribution >= 0.6 is 0 Å². The SMILES string of the molecule is O=C(Nc1ccc(C2CC2)cc1F)[C@H](Cc1ccc(F)cc1)N1C(=O)N[C@H](c2ccc(OCCC(O)O)cc2)[C@H]1O. The van der Waals surface area contributed by atoms with Gasteiger partial charge in [-0.15, -0.1) is 0 Å². The van der Waals surface area contributed by atoms with Crippen LogP contribution in [-0.4, -0.2) is 57.3 Å². The average molecular weight is 568 g/mol. The molecule has 1 heterocycles. The molecule has 2 aliphatic rings. The number of amides is 3. The van der Waals surface area contributed by atoms with Gasteiger partial charge in [-0.25, -0.2) is 13.6 Å². The van der Waals surface area contributed by atoms with Crippen LogP contribution in [0.5, 0.6) is 5.75 Å². The summed E-state index contributed by atoms with van der Waals surface area (Å²) in [5.74, 6) is -0.990. The van der Waals surface area contributed by atoms with Gasteiger partial charge in [0.1, 0.15) is 29.5 Å². The van der Waals surface area contributed by atoms with E-state index in [0.29, 0.717) is 22.8 Å². The van der Waals surface area contributed by atoms with E-state index in [1.807, 2.05) is 0 Å². The van der Waals surface area contributed by atoms with Gasteiger partial charge in [0, 0.05) is 12.8 Å². The van der Waals surface area contributed by atoms with Crippen molar-refractivity contribution in [1.82, 2.24) is 10.2 Å². The maximum Gasteiger partial charge on any atom is 0.320 e. The number of nitrogens with one attached hydrogen (secondary N) is 2. The monoisotopic (exact) mass is 567 g/mol. The molecular weight excluding hydrogens is 536 g/mol. The van der Waals surface area contributed by atoms with Crippen molar-refractivity contribution < 1.29 is 38.4 Å². The summed E-state index contributed by atoms with van der Waals surface area (Å²) in [4.78, 5) is 27.7. The Labute approximate surface area is 235 Å². The van der Waals surface area contributed by atoms with E-state index in [-0.39, 0.29) is 25.1 Å². The van der Waals surface area contributed by atoms with Crippen LogP contribution in [-0.2, 0) is 11.2 Å². The molecule has 0 radical (unpaired) electrons. The summed E-state index contributed by atoms with van der Waals surface area (Å²) in [5.41, 5.74) is 1.89. The molecule has 2 fully saturated rings. The quantitative estimate of drug-likeness (QED) is 0.225. The zero-order chi connectivity index (χ0) is 29.1. The number of carbonyl (C=O) groups is 2. The van der Waals surface area contributed by atoms with Crippen LogP contribution in [0, 0.1) is 11.6 Å². The number of ether oxygens (including phenoxy) is 1. The molecule has 0 spiro atoms. The second-order valence-corrected chi connectivity index (χ2v) is 10.3. The number of urea groups is 1. The van der Waals surface area contributed by atoms with E-state index in [1.54, 1.807) is 30.3 Å². The second-order valence-electron chi connectivity index (χ2n) is 10.3. The van der Waals surface area contributed by atoms with Crippen LogP contribution in [0.15, 0.2) is 66.7 Å². The van der Waals surface area contributed by atoms with E-state index >= 15 is 0 Å². The summed E-state index contributed by atoms with van der Waals surface area (Å²) in [6.45, 7) is 0.0810. The Morgan fingerprint density at radius 1 is 1.02 bits per heavy atom. The Kier molecular flexibility index (Phi) is 8.48. The molecule has 9 nitrogen and oxygen atoms in total. The number of hydrogen-bond donors (Lipinski definition) is 5. The molecule has 1 saturated carbocycles. The molecule has 3 aromatic rings. The predicted octanol–water partition coefficient (Wildman–Crippen LogP) is 3.56. The van der Waals surface area contributed by atoms with E-state index in [2.05, 4.69) is 10.6 Å². The number of anilines is 1. The van der Waals surface area contributed by atoms with E-state index in [1.165, 1.54) is 36.4 Å². The number of carbonyl (C=O) groups excluding carboxylic acids is 2. The van der Waals surface area contributed by atoms with Crippen molar-refractivity contribution in [3.63, 3.8) is 0 Å². The third-order valence-corrected chi connectivity index (χ3v) is 7.26. The van der Waals surface area contributed by atoms with Gasteiger partial charge in [0.2, 0.25) is 5.91 Å². The minimum Gasteiger partial charge on any atom is -0.493 e. The molecule has 11 heteroatoms. The van der Waals surface area contributed by atoms with Gasteiger partial charge in [-0.2, -0.15) is 0 Å². The lowest BCUT2D eigenvalue weighted by Gasteiger charge is -2.30. The number of benzene rings is 3. The Morgan fingerprint density at radius 2 is 1.71 bits per heavy atom. The van der Waals surface area contributed by atoms with Crippen LogP contribution in [0.3, 0.4) is 0 Å². The van der Waals surface area contributed by atoms with Gasteiger partial charge in [0.25, 0.3) is 0 Å². The van der Waals surface area contributed by atoms with Crippen LogP contribution in [0.4, 0.5) is 19.3 Å². The number of rotatable bonds is 11. The van der Waals surface area contributed by atoms with Gasteiger partial charge in [-0.05, 0) is 71.8 Å². The summed E-state index contributed by atoms with van der Waals surface area (Å²) in [5, 5.41) is 34.4. The van der Waals surface area contributed by atoms with Crippen LogP contribution in [0.25, 0.3) is 0 Å². The fourth-order valence-electron chi connectivity index (χ4n) is 4.88. The molecule has 5 rings (SSSR count). The number of aliphatic hydroxyl groups excluding tert-OH is 2. The molecule has 0 aromatic heterocycles. The van der Waals surface area contributed by atoms with Crippen LogP contribution < -0.4 is 15.4 Å². The number of hydrogen-bond acceptors (Lipinski definition) is 6. The van der Waals surface area contributed by atoms with Crippen LogP contribution in [0.1, 0.15) is 47.9 Å². The Morgan fingerprint density at radius 3 is 2.34 bits per heavy atom. The maximum atomic E-state index is 14.9. The standard InChI is InChI=1S/C30H31F2N3O6/c31-21-8-1-17(2-9-21)15-25(28(38)33-24-12-7-20(16-23(24)32)18-3-4-18)35-29(39)27(34-30(35)40)19-5-10-22(11-6-19)41-14-13-26(36)37/h1-2,5-12,16,18,25-27,29,36-37,39H,3-4,13-15H2,(H,33,38)(H,34,40)/t25-,27+,29+/m0/s1. The average Bonchev–Trinajstić information content (AvgIpc) is 3.75. The molecule has 3 aromatic carbocycles. The predicted molar refractivity (Wildman–Crippen MR) is 145 cm³/mol. The molecular formula is C30H31F2N3O6. The van der Waals surface area contributed by atoms with Crippen LogP contribution in [0.2, 0.25) is 0 Å². The fourth-order valence-corrected chi connectivity index (χ4v) is 4.88. The highest BCUT2D eigenvalue weighted by Gasteiger charge is 2.45. The third-order valence-electron chi connectivity index (χ3n) is 7.26. The third kappa shape index (κ3) is 6.82. The zero-order valence-electron chi connectivity index (χ0n) is 22.0. The van der Waals surface area contributed by atoms with Crippen molar-refractivity contribution in [2.75, 3.05) is 11.9 Å². The highest BCUT2D eigenvalue weighted by Crippen LogP contribution is 2.41. The number of aliphatic hydroxyl groups is 3. The van der Waals surface area contributed by atoms with E-state index in [0.717, 1.165) is 23.3 Å². The fraction of sp³-hybridized carbons (Fsp3) is 0.333.